The van der Waals surface area contributed by atoms with Crippen molar-refractivity contribution in [2.75, 3.05) is 0 Å². The Bertz CT molecular complexity index is 557. The van der Waals surface area contributed by atoms with Gasteiger partial charge in [-0.05, 0) is 39.0 Å². The first-order valence-electron chi connectivity index (χ1n) is 5.19. The third-order valence-electron chi connectivity index (χ3n) is 2.56. The van der Waals surface area contributed by atoms with Crippen molar-refractivity contribution < 1.29 is 4.79 Å². The highest BCUT2D eigenvalue weighted by atomic mass is 35.5. The molecule has 0 saturated carbocycles. The number of hydrogen-bond acceptors (Lipinski definition) is 2. The van der Waals surface area contributed by atoms with E-state index in [0.29, 0.717) is 10.7 Å². The van der Waals surface area contributed by atoms with Gasteiger partial charge in [-0.3, -0.25) is 9.48 Å². The summed E-state index contributed by atoms with van der Waals surface area (Å²) in [4.78, 5) is 11.3. The highest BCUT2D eigenvalue weighted by Crippen LogP contribution is 2.26. The van der Waals surface area contributed by atoms with Gasteiger partial charge in [0.1, 0.15) is 0 Å². The van der Waals surface area contributed by atoms with E-state index in [-0.39, 0.29) is 11.8 Å². The predicted octanol–water partition coefficient (Wildman–Crippen LogP) is 3.47. The molecule has 0 fully saturated rings. The van der Waals surface area contributed by atoms with Crippen LogP contribution in [0.2, 0.25) is 5.15 Å². The van der Waals surface area contributed by atoms with Crippen LogP contribution in [-0.4, -0.2) is 15.6 Å². The molecule has 3 nitrogen and oxygen atoms in total. The fourth-order valence-corrected chi connectivity index (χ4v) is 1.95. The van der Waals surface area contributed by atoms with E-state index in [2.05, 4.69) is 5.10 Å². The number of carbonyl (C=O) groups is 1. The van der Waals surface area contributed by atoms with Crippen molar-refractivity contribution in [3.05, 3.63) is 28.9 Å². The molecule has 2 aromatic rings. The zero-order valence-electron chi connectivity index (χ0n) is 9.49. The average molecular weight is 237 g/mol. The minimum Gasteiger partial charge on any atom is -0.295 e. The van der Waals surface area contributed by atoms with Crippen molar-refractivity contribution in [2.24, 2.45) is 0 Å². The van der Waals surface area contributed by atoms with Gasteiger partial charge in [0, 0.05) is 17.0 Å². The number of rotatable bonds is 2. The summed E-state index contributed by atoms with van der Waals surface area (Å²) < 4.78 is 1.86. The molecule has 0 amide bonds. The molecule has 4 heteroatoms. The molecule has 0 unspecified atom stereocenters. The maximum atomic E-state index is 11.3. The van der Waals surface area contributed by atoms with Crippen LogP contribution in [0.25, 0.3) is 10.9 Å². The Morgan fingerprint density at radius 2 is 2.12 bits per heavy atom. The van der Waals surface area contributed by atoms with E-state index in [1.165, 1.54) is 0 Å². The number of nitrogens with zero attached hydrogens (tertiary/aromatic N) is 2. The molecule has 0 spiro atoms. The maximum Gasteiger partial charge on any atom is 0.159 e. The first-order valence-corrected chi connectivity index (χ1v) is 5.57. The molecule has 1 aromatic carbocycles. The molecular formula is C12H13ClN2O. The van der Waals surface area contributed by atoms with Gasteiger partial charge in [0.25, 0.3) is 0 Å². The number of carbonyl (C=O) groups excluding carboxylic acids is 1. The van der Waals surface area contributed by atoms with E-state index >= 15 is 0 Å². The van der Waals surface area contributed by atoms with Crippen LogP contribution in [0, 0.1) is 0 Å². The van der Waals surface area contributed by atoms with Crippen molar-refractivity contribution in [1.82, 2.24) is 9.78 Å². The summed E-state index contributed by atoms with van der Waals surface area (Å²) in [6, 6.07) is 5.75. The van der Waals surface area contributed by atoms with E-state index in [1.54, 1.807) is 13.0 Å². The molecular weight excluding hydrogens is 224 g/mol. The minimum absolute atomic E-state index is 0.0373. The fraction of sp³-hybridized carbons (Fsp3) is 0.333. The Labute approximate surface area is 99.0 Å². The van der Waals surface area contributed by atoms with Crippen molar-refractivity contribution in [3.63, 3.8) is 0 Å². The SMILES string of the molecule is CC(=O)c1ccc2c(c1)c(Cl)nn2C(C)C. The molecule has 0 saturated heterocycles. The standard InChI is InChI=1S/C12H13ClN2O/c1-7(2)15-11-5-4-9(8(3)16)6-10(11)12(13)14-15/h4-7H,1-3H3. The molecule has 0 aliphatic carbocycles. The number of aromatic nitrogens is 2. The predicted molar refractivity (Wildman–Crippen MR) is 65.1 cm³/mol. The van der Waals surface area contributed by atoms with Crippen molar-refractivity contribution in [3.8, 4) is 0 Å². The molecule has 2 rings (SSSR count). The third-order valence-corrected chi connectivity index (χ3v) is 2.84. The van der Waals surface area contributed by atoms with Gasteiger partial charge >= 0.3 is 0 Å². The average Bonchev–Trinajstić information content (AvgIpc) is 2.56. The highest BCUT2D eigenvalue weighted by molar-refractivity contribution is 6.34. The summed E-state index contributed by atoms with van der Waals surface area (Å²) in [5, 5.41) is 5.55. The maximum absolute atomic E-state index is 11.3. The van der Waals surface area contributed by atoms with Gasteiger partial charge in [-0.15, -0.1) is 0 Å². The van der Waals surface area contributed by atoms with Crippen LogP contribution in [0.15, 0.2) is 18.2 Å². The fourth-order valence-electron chi connectivity index (χ4n) is 1.72. The van der Waals surface area contributed by atoms with Gasteiger partial charge in [-0.1, -0.05) is 11.6 Å². The van der Waals surface area contributed by atoms with Crippen LogP contribution in [0.1, 0.15) is 37.2 Å². The summed E-state index contributed by atoms with van der Waals surface area (Å²) in [6.07, 6.45) is 0. The summed E-state index contributed by atoms with van der Waals surface area (Å²) in [7, 11) is 0. The van der Waals surface area contributed by atoms with Crippen LogP contribution in [0.4, 0.5) is 0 Å². The molecule has 1 aromatic heterocycles. The monoisotopic (exact) mass is 236 g/mol. The Balaban J connectivity index is 2.71. The normalized spacial score (nSPS) is 11.3. The summed E-state index contributed by atoms with van der Waals surface area (Å²) in [6.45, 7) is 5.63. The number of hydrogen-bond donors (Lipinski definition) is 0. The molecule has 0 atom stereocenters. The second kappa shape index (κ2) is 3.91. The lowest BCUT2D eigenvalue weighted by molar-refractivity contribution is 0.101. The Kier molecular flexibility index (Phi) is 2.72. The van der Waals surface area contributed by atoms with Gasteiger partial charge in [-0.25, -0.2) is 0 Å². The van der Waals surface area contributed by atoms with Crippen molar-refractivity contribution in [2.45, 2.75) is 26.8 Å². The van der Waals surface area contributed by atoms with E-state index in [0.717, 1.165) is 10.9 Å². The summed E-state index contributed by atoms with van der Waals surface area (Å²) in [5.74, 6) is 0.0373. The molecule has 0 bridgehead atoms. The largest absolute Gasteiger partial charge is 0.295 e. The van der Waals surface area contributed by atoms with Crippen LogP contribution in [-0.2, 0) is 0 Å². The second-order valence-electron chi connectivity index (χ2n) is 4.12. The second-order valence-corrected chi connectivity index (χ2v) is 4.48. The van der Waals surface area contributed by atoms with Gasteiger partial charge in [-0.2, -0.15) is 5.10 Å². The van der Waals surface area contributed by atoms with E-state index in [9.17, 15) is 4.79 Å². The Morgan fingerprint density at radius 1 is 1.44 bits per heavy atom. The molecule has 84 valence electrons. The van der Waals surface area contributed by atoms with Gasteiger partial charge in [0.15, 0.2) is 10.9 Å². The molecule has 1 heterocycles. The Hall–Kier alpha value is -1.35. The summed E-state index contributed by atoms with van der Waals surface area (Å²) in [5.41, 5.74) is 1.63. The first-order chi connectivity index (χ1) is 7.50. The van der Waals surface area contributed by atoms with Gasteiger partial charge in [0.2, 0.25) is 0 Å². The van der Waals surface area contributed by atoms with Gasteiger partial charge in [0.05, 0.1) is 5.52 Å². The topological polar surface area (TPSA) is 34.9 Å². The highest BCUT2D eigenvalue weighted by Gasteiger charge is 2.12. The number of fused-ring (bicyclic) bond motifs is 1. The lowest BCUT2D eigenvalue weighted by Gasteiger charge is -2.06. The number of Topliss-reactive ketones (excluding diaryl/α,β-unsaturated/α-hetero) is 1. The van der Waals surface area contributed by atoms with Gasteiger partial charge < -0.3 is 0 Å². The zero-order valence-corrected chi connectivity index (χ0v) is 10.2. The van der Waals surface area contributed by atoms with Crippen LogP contribution in [0.3, 0.4) is 0 Å². The molecule has 0 aliphatic rings. The molecule has 0 radical (unpaired) electrons. The smallest absolute Gasteiger partial charge is 0.159 e. The van der Waals surface area contributed by atoms with Crippen molar-refractivity contribution in [1.29, 1.82) is 0 Å². The lowest BCUT2D eigenvalue weighted by Crippen LogP contribution is -2.02. The van der Waals surface area contributed by atoms with Crippen LogP contribution in [0.5, 0.6) is 0 Å². The summed E-state index contributed by atoms with van der Waals surface area (Å²) >= 11 is 6.06. The van der Waals surface area contributed by atoms with Crippen LogP contribution >= 0.6 is 11.6 Å². The number of halogens is 1. The minimum atomic E-state index is 0.0373. The van der Waals surface area contributed by atoms with E-state index in [4.69, 9.17) is 11.6 Å². The lowest BCUT2D eigenvalue weighted by atomic mass is 10.1. The van der Waals surface area contributed by atoms with E-state index in [1.807, 2.05) is 30.7 Å². The quantitative estimate of drug-likeness (QED) is 0.749. The Morgan fingerprint density at radius 3 is 2.69 bits per heavy atom. The third kappa shape index (κ3) is 1.71. The molecule has 16 heavy (non-hydrogen) atoms. The molecule has 0 N–H and O–H groups in total. The first kappa shape index (κ1) is 11.1. The number of benzene rings is 1. The molecule has 0 aliphatic heterocycles. The van der Waals surface area contributed by atoms with Crippen molar-refractivity contribution >= 4 is 28.3 Å². The van der Waals surface area contributed by atoms with Crippen LogP contribution < -0.4 is 0 Å². The number of ketones is 1. The van der Waals surface area contributed by atoms with E-state index < -0.39 is 0 Å². The zero-order chi connectivity index (χ0) is 11.9.